The molecule has 0 spiro atoms. The summed E-state index contributed by atoms with van der Waals surface area (Å²) in [5.41, 5.74) is 7.39. The molecule has 0 aromatic carbocycles. The summed E-state index contributed by atoms with van der Waals surface area (Å²) in [6.07, 6.45) is 2.32. The zero-order chi connectivity index (χ0) is 12.8. The fourth-order valence-electron chi connectivity index (χ4n) is 2.05. The first-order valence-corrected chi connectivity index (χ1v) is 7.42. The van der Waals surface area contributed by atoms with Crippen LogP contribution in [0.15, 0.2) is 16.8 Å². The van der Waals surface area contributed by atoms with Gasteiger partial charge in [-0.2, -0.15) is 11.3 Å². The number of rotatable bonds is 7. The van der Waals surface area contributed by atoms with Crippen molar-refractivity contribution in [2.24, 2.45) is 11.7 Å². The number of hydrogen-bond acceptors (Lipinski definition) is 3. The molecule has 0 bridgehead atoms. The average Bonchev–Trinajstić information content (AvgIpc) is 2.77. The smallest absolute Gasteiger partial charge is 0.0987 e. The van der Waals surface area contributed by atoms with E-state index in [9.17, 15) is 0 Å². The van der Waals surface area contributed by atoms with Gasteiger partial charge in [0.2, 0.25) is 0 Å². The number of hydrogen-bond donors (Lipinski definition) is 1. The van der Waals surface area contributed by atoms with E-state index in [1.165, 1.54) is 5.56 Å². The van der Waals surface area contributed by atoms with Gasteiger partial charge in [0.15, 0.2) is 0 Å². The molecule has 2 N–H and O–H groups in total. The number of thiophene rings is 1. The summed E-state index contributed by atoms with van der Waals surface area (Å²) in [5.74, 6) is 0.658. The van der Waals surface area contributed by atoms with E-state index >= 15 is 0 Å². The molecular formula is C14H25NOS. The molecule has 0 radical (unpaired) electrons. The maximum Gasteiger partial charge on any atom is 0.0987 e. The van der Waals surface area contributed by atoms with Crippen LogP contribution < -0.4 is 5.73 Å². The van der Waals surface area contributed by atoms with Crippen LogP contribution in [0.4, 0.5) is 0 Å². The summed E-state index contributed by atoms with van der Waals surface area (Å²) >= 11 is 1.70. The van der Waals surface area contributed by atoms with Gasteiger partial charge in [0.05, 0.1) is 12.2 Å². The van der Waals surface area contributed by atoms with Gasteiger partial charge in [0.1, 0.15) is 0 Å². The van der Waals surface area contributed by atoms with Crippen LogP contribution in [0.5, 0.6) is 0 Å². The fraction of sp³-hybridized carbons (Fsp3) is 0.714. The second kappa shape index (κ2) is 7.14. The molecule has 1 aromatic rings. The Hall–Kier alpha value is -0.380. The van der Waals surface area contributed by atoms with Crippen molar-refractivity contribution in [2.75, 3.05) is 0 Å². The van der Waals surface area contributed by atoms with Gasteiger partial charge in [-0.15, -0.1) is 0 Å². The van der Waals surface area contributed by atoms with E-state index in [4.69, 9.17) is 10.5 Å². The van der Waals surface area contributed by atoms with Crippen molar-refractivity contribution in [3.05, 3.63) is 22.4 Å². The Bertz CT molecular complexity index is 297. The van der Waals surface area contributed by atoms with Gasteiger partial charge in [0.25, 0.3) is 0 Å². The van der Waals surface area contributed by atoms with Crippen molar-refractivity contribution < 1.29 is 4.74 Å². The minimum absolute atomic E-state index is 0.0417. The summed E-state index contributed by atoms with van der Waals surface area (Å²) in [4.78, 5) is 0. The third kappa shape index (κ3) is 4.78. The molecule has 0 amide bonds. The fourth-order valence-corrected chi connectivity index (χ4v) is 2.73. The third-order valence-corrected chi connectivity index (χ3v) is 3.62. The first-order valence-electron chi connectivity index (χ1n) is 6.47. The molecule has 1 heterocycles. The molecule has 1 aromatic heterocycles. The molecule has 0 aliphatic carbocycles. The van der Waals surface area contributed by atoms with E-state index in [-0.39, 0.29) is 18.2 Å². The Morgan fingerprint density at radius 2 is 2.06 bits per heavy atom. The quantitative estimate of drug-likeness (QED) is 0.800. The predicted octanol–water partition coefficient (Wildman–Crippen LogP) is 3.98. The van der Waals surface area contributed by atoms with E-state index in [0.29, 0.717) is 5.92 Å². The van der Waals surface area contributed by atoms with E-state index in [2.05, 4.69) is 44.5 Å². The summed E-state index contributed by atoms with van der Waals surface area (Å²) in [6, 6.07) is 2.20. The predicted molar refractivity (Wildman–Crippen MR) is 75.3 cm³/mol. The topological polar surface area (TPSA) is 35.2 Å². The van der Waals surface area contributed by atoms with Crippen molar-refractivity contribution in [3.63, 3.8) is 0 Å². The normalized spacial score (nSPS) is 17.1. The maximum atomic E-state index is 6.17. The van der Waals surface area contributed by atoms with Crippen molar-refractivity contribution in [3.8, 4) is 0 Å². The Morgan fingerprint density at radius 1 is 1.35 bits per heavy atom. The second-order valence-corrected chi connectivity index (χ2v) is 5.91. The molecule has 0 saturated heterocycles. The van der Waals surface area contributed by atoms with Crippen molar-refractivity contribution in [1.82, 2.24) is 0 Å². The first-order chi connectivity index (χ1) is 8.04. The highest BCUT2D eigenvalue weighted by Crippen LogP contribution is 2.27. The molecule has 0 aliphatic rings. The average molecular weight is 255 g/mol. The molecular weight excluding hydrogens is 230 g/mol. The van der Waals surface area contributed by atoms with Gasteiger partial charge in [-0.1, -0.05) is 20.8 Å². The zero-order valence-corrected chi connectivity index (χ0v) is 12.2. The van der Waals surface area contributed by atoms with E-state index in [0.717, 1.165) is 12.8 Å². The van der Waals surface area contributed by atoms with Crippen molar-refractivity contribution in [2.45, 2.75) is 58.8 Å². The molecule has 0 fully saturated rings. The summed E-state index contributed by atoms with van der Waals surface area (Å²) in [6.45, 7) is 8.70. The Morgan fingerprint density at radius 3 is 2.53 bits per heavy atom. The largest absolute Gasteiger partial charge is 0.369 e. The van der Waals surface area contributed by atoms with Crippen LogP contribution in [0.3, 0.4) is 0 Å². The van der Waals surface area contributed by atoms with Crippen LogP contribution in [0.2, 0.25) is 0 Å². The SMILES string of the molecule is CCC(N)C(OC(C)CC(C)C)c1ccsc1. The molecule has 0 aliphatic heterocycles. The van der Waals surface area contributed by atoms with Gasteiger partial charge in [-0.3, -0.25) is 0 Å². The van der Waals surface area contributed by atoms with Crippen molar-refractivity contribution >= 4 is 11.3 Å². The van der Waals surface area contributed by atoms with Crippen LogP contribution in [0, 0.1) is 5.92 Å². The highest BCUT2D eigenvalue weighted by Gasteiger charge is 2.22. The minimum atomic E-state index is 0.0417. The standard InChI is InChI=1S/C14H25NOS/c1-5-13(15)14(12-6-7-17-9-12)16-11(4)8-10(2)3/h6-7,9-11,13-14H,5,8,15H2,1-4H3. The van der Waals surface area contributed by atoms with Crippen LogP contribution >= 0.6 is 11.3 Å². The molecule has 1 rings (SSSR count). The summed E-state index contributed by atoms with van der Waals surface area (Å²) in [5, 5.41) is 4.23. The van der Waals surface area contributed by atoms with E-state index in [1.54, 1.807) is 11.3 Å². The highest BCUT2D eigenvalue weighted by molar-refractivity contribution is 7.07. The molecule has 98 valence electrons. The monoisotopic (exact) mass is 255 g/mol. The maximum absolute atomic E-state index is 6.17. The molecule has 2 nitrogen and oxygen atoms in total. The van der Waals surface area contributed by atoms with Crippen molar-refractivity contribution in [1.29, 1.82) is 0 Å². The van der Waals surface area contributed by atoms with Crippen LogP contribution in [0.1, 0.15) is 52.2 Å². The third-order valence-electron chi connectivity index (χ3n) is 2.91. The number of nitrogens with two attached hydrogens (primary N) is 1. The van der Waals surface area contributed by atoms with Crippen LogP contribution in [0.25, 0.3) is 0 Å². The van der Waals surface area contributed by atoms with Crippen LogP contribution in [-0.4, -0.2) is 12.1 Å². The zero-order valence-electron chi connectivity index (χ0n) is 11.3. The molecule has 3 unspecified atom stereocenters. The van der Waals surface area contributed by atoms with Gasteiger partial charge in [-0.25, -0.2) is 0 Å². The van der Waals surface area contributed by atoms with Gasteiger partial charge < -0.3 is 10.5 Å². The van der Waals surface area contributed by atoms with Gasteiger partial charge in [-0.05, 0) is 48.1 Å². The Labute approximate surface area is 109 Å². The summed E-state index contributed by atoms with van der Waals surface area (Å²) in [7, 11) is 0. The molecule has 0 saturated carbocycles. The first kappa shape index (κ1) is 14.7. The molecule has 3 heteroatoms. The second-order valence-electron chi connectivity index (χ2n) is 5.13. The highest BCUT2D eigenvalue weighted by atomic mass is 32.1. The lowest BCUT2D eigenvalue weighted by atomic mass is 10.0. The Balaban J connectivity index is 2.65. The lowest BCUT2D eigenvalue weighted by Gasteiger charge is -2.27. The summed E-state index contributed by atoms with van der Waals surface area (Å²) < 4.78 is 6.14. The Kier molecular flexibility index (Phi) is 6.17. The van der Waals surface area contributed by atoms with E-state index in [1.807, 2.05) is 0 Å². The van der Waals surface area contributed by atoms with Gasteiger partial charge in [0, 0.05) is 6.04 Å². The molecule has 3 atom stereocenters. The van der Waals surface area contributed by atoms with E-state index < -0.39 is 0 Å². The van der Waals surface area contributed by atoms with Crippen LogP contribution in [-0.2, 0) is 4.74 Å². The molecule has 17 heavy (non-hydrogen) atoms. The number of ether oxygens (including phenoxy) is 1. The lowest BCUT2D eigenvalue weighted by Crippen LogP contribution is -2.31. The van der Waals surface area contributed by atoms with Gasteiger partial charge >= 0.3 is 0 Å². The lowest BCUT2D eigenvalue weighted by molar-refractivity contribution is -0.0268. The minimum Gasteiger partial charge on any atom is -0.369 e.